The number of aryl methyl sites for hydroxylation is 1. The zero-order valence-electron chi connectivity index (χ0n) is 17.7. The van der Waals surface area contributed by atoms with Gasteiger partial charge in [0.05, 0.1) is 10.6 Å². The van der Waals surface area contributed by atoms with Crippen molar-refractivity contribution in [2.45, 2.75) is 17.6 Å². The van der Waals surface area contributed by atoms with E-state index in [1.807, 2.05) is 18.2 Å². The fourth-order valence-corrected chi connectivity index (χ4v) is 5.57. The molecule has 3 rings (SSSR count). The van der Waals surface area contributed by atoms with E-state index in [9.17, 15) is 13.2 Å². The molecular formula is C24H25ClN2O3S2. The number of hydrogen-bond donors (Lipinski definition) is 1. The van der Waals surface area contributed by atoms with Crippen molar-refractivity contribution in [3.05, 3.63) is 95.0 Å². The van der Waals surface area contributed by atoms with Gasteiger partial charge in [-0.25, -0.2) is 8.42 Å². The van der Waals surface area contributed by atoms with Gasteiger partial charge >= 0.3 is 0 Å². The summed E-state index contributed by atoms with van der Waals surface area (Å²) in [5.74, 6) is 1.21. The number of benzene rings is 3. The number of thioether (sulfide) groups is 1. The van der Waals surface area contributed by atoms with Gasteiger partial charge in [0.15, 0.2) is 0 Å². The predicted octanol–water partition coefficient (Wildman–Crippen LogP) is 4.89. The molecule has 1 amide bonds. The number of nitrogens with zero attached hydrogens (tertiary/aromatic N) is 1. The fraction of sp³-hybridized carbons (Fsp3) is 0.208. The van der Waals surface area contributed by atoms with Crippen LogP contribution in [0.25, 0.3) is 0 Å². The quantitative estimate of drug-likeness (QED) is 0.412. The molecule has 5 nitrogen and oxygen atoms in total. The maximum Gasteiger partial charge on any atom is 0.264 e. The highest BCUT2D eigenvalue weighted by Crippen LogP contribution is 2.29. The third-order valence-corrected chi connectivity index (χ3v) is 7.78. The van der Waals surface area contributed by atoms with Crippen molar-refractivity contribution in [3.8, 4) is 0 Å². The maximum atomic E-state index is 13.4. The highest BCUT2D eigenvalue weighted by Gasteiger charge is 2.28. The molecule has 32 heavy (non-hydrogen) atoms. The first-order valence-electron chi connectivity index (χ1n) is 10.1. The molecule has 0 aromatic heterocycles. The smallest absolute Gasteiger partial charge is 0.264 e. The highest BCUT2D eigenvalue weighted by molar-refractivity contribution is 7.98. The second-order valence-electron chi connectivity index (χ2n) is 7.14. The molecule has 0 bridgehead atoms. The summed E-state index contributed by atoms with van der Waals surface area (Å²) < 4.78 is 27.8. The minimum absolute atomic E-state index is 0.116. The second kappa shape index (κ2) is 11.4. The third-order valence-electron chi connectivity index (χ3n) is 4.74. The molecule has 168 valence electrons. The van der Waals surface area contributed by atoms with Crippen LogP contribution >= 0.6 is 23.4 Å². The molecule has 3 aromatic rings. The summed E-state index contributed by atoms with van der Waals surface area (Å²) in [5.41, 5.74) is 2.32. The maximum absolute atomic E-state index is 13.4. The molecule has 3 aromatic carbocycles. The SMILES string of the molecule is Cc1ccc(Cl)cc1N(CC(=O)NCCSCc1ccccc1)S(=O)(=O)c1ccccc1. The number of carbonyl (C=O) groups excluding carboxylic acids is 1. The first-order chi connectivity index (χ1) is 15.4. The van der Waals surface area contributed by atoms with Crippen molar-refractivity contribution in [1.29, 1.82) is 0 Å². The molecule has 0 radical (unpaired) electrons. The lowest BCUT2D eigenvalue weighted by Crippen LogP contribution is -2.41. The second-order valence-corrected chi connectivity index (χ2v) is 10.5. The van der Waals surface area contributed by atoms with Crippen molar-refractivity contribution >= 4 is 45.0 Å². The molecule has 0 unspecified atom stereocenters. The van der Waals surface area contributed by atoms with Gasteiger partial charge in [-0.1, -0.05) is 66.2 Å². The van der Waals surface area contributed by atoms with Crippen molar-refractivity contribution in [2.75, 3.05) is 23.1 Å². The van der Waals surface area contributed by atoms with Gasteiger partial charge in [0.2, 0.25) is 5.91 Å². The first kappa shape index (κ1) is 24.2. The van der Waals surface area contributed by atoms with Crippen LogP contribution in [0.15, 0.2) is 83.8 Å². The molecular weight excluding hydrogens is 464 g/mol. The predicted molar refractivity (Wildman–Crippen MR) is 133 cm³/mol. The minimum atomic E-state index is -3.95. The van der Waals surface area contributed by atoms with Crippen LogP contribution < -0.4 is 9.62 Å². The van der Waals surface area contributed by atoms with E-state index in [2.05, 4.69) is 17.4 Å². The van der Waals surface area contributed by atoms with Gasteiger partial charge in [0, 0.05) is 23.1 Å². The van der Waals surface area contributed by atoms with Crippen molar-refractivity contribution in [3.63, 3.8) is 0 Å². The standard InChI is InChI=1S/C24H25ClN2O3S2/c1-19-12-13-21(25)16-23(19)27(32(29,30)22-10-6-3-7-11-22)17-24(28)26-14-15-31-18-20-8-4-2-5-9-20/h2-13,16H,14-15,17-18H2,1H3,(H,26,28). The number of amides is 1. The van der Waals surface area contributed by atoms with Crippen LogP contribution in [0.1, 0.15) is 11.1 Å². The molecule has 1 N–H and O–H groups in total. The number of nitrogens with one attached hydrogen (secondary N) is 1. The average Bonchev–Trinajstić information content (AvgIpc) is 2.80. The van der Waals surface area contributed by atoms with Crippen LogP contribution in [0.4, 0.5) is 5.69 Å². The number of carbonyl (C=O) groups is 1. The zero-order valence-corrected chi connectivity index (χ0v) is 20.1. The summed E-state index contributed by atoms with van der Waals surface area (Å²) in [7, 11) is -3.95. The first-order valence-corrected chi connectivity index (χ1v) is 13.1. The Bertz CT molecular complexity index is 1140. The van der Waals surface area contributed by atoms with Crippen molar-refractivity contribution in [1.82, 2.24) is 5.32 Å². The van der Waals surface area contributed by atoms with Crippen LogP contribution in [0.5, 0.6) is 0 Å². The Morgan fingerprint density at radius 3 is 2.34 bits per heavy atom. The van der Waals surface area contributed by atoms with E-state index in [0.717, 1.165) is 15.8 Å². The third kappa shape index (κ3) is 6.51. The van der Waals surface area contributed by atoms with E-state index in [0.29, 0.717) is 22.8 Å². The number of anilines is 1. The van der Waals surface area contributed by atoms with Crippen molar-refractivity contribution < 1.29 is 13.2 Å². The van der Waals surface area contributed by atoms with Crippen molar-refractivity contribution in [2.24, 2.45) is 0 Å². The molecule has 0 fully saturated rings. The van der Waals surface area contributed by atoms with E-state index >= 15 is 0 Å². The minimum Gasteiger partial charge on any atom is -0.354 e. The van der Waals surface area contributed by atoms with Crippen LogP contribution in [0.3, 0.4) is 0 Å². The summed E-state index contributed by atoms with van der Waals surface area (Å²) in [6.07, 6.45) is 0. The van der Waals surface area contributed by atoms with E-state index < -0.39 is 10.0 Å². The molecule has 0 saturated heterocycles. The average molecular weight is 489 g/mol. The van der Waals surface area contributed by atoms with Gasteiger partial charge in [-0.05, 0) is 42.3 Å². The Morgan fingerprint density at radius 1 is 1.00 bits per heavy atom. The summed E-state index contributed by atoms with van der Waals surface area (Å²) in [6, 6.07) is 23.2. The number of rotatable bonds is 10. The van der Waals surface area contributed by atoms with Crippen LogP contribution in [-0.2, 0) is 20.6 Å². The molecule has 0 aliphatic heterocycles. The van der Waals surface area contributed by atoms with Crippen LogP contribution in [-0.4, -0.2) is 33.2 Å². The van der Waals surface area contributed by atoms with Crippen LogP contribution in [0, 0.1) is 6.92 Å². The normalized spacial score (nSPS) is 11.2. The largest absolute Gasteiger partial charge is 0.354 e. The topological polar surface area (TPSA) is 66.5 Å². The Labute approximate surface area is 198 Å². The molecule has 0 spiro atoms. The van der Waals surface area contributed by atoms with Crippen LogP contribution in [0.2, 0.25) is 5.02 Å². The van der Waals surface area contributed by atoms with E-state index in [-0.39, 0.29) is 17.3 Å². The lowest BCUT2D eigenvalue weighted by atomic mass is 10.2. The Hall–Kier alpha value is -2.48. The molecule has 0 aliphatic rings. The van der Waals surface area contributed by atoms with Gasteiger partial charge in [-0.3, -0.25) is 9.10 Å². The Balaban J connectivity index is 1.69. The van der Waals surface area contributed by atoms with Gasteiger partial charge in [0.25, 0.3) is 10.0 Å². The summed E-state index contributed by atoms with van der Waals surface area (Å²) >= 11 is 7.84. The van der Waals surface area contributed by atoms with E-state index in [1.165, 1.54) is 17.7 Å². The van der Waals surface area contributed by atoms with E-state index in [4.69, 9.17) is 11.6 Å². The van der Waals surface area contributed by atoms with Gasteiger partial charge in [-0.2, -0.15) is 11.8 Å². The molecule has 0 heterocycles. The Morgan fingerprint density at radius 2 is 1.66 bits per heavy atom. The summed E-state index contributed by atoms with van der Waals surface area (Å²) in [6.45, 7) is 1.91. The number of sulfonamides is 1. The monoisotopic (exact) mass is 488 g/mol. The van der Waals surface area contributed by atoms with Gasteiger partial charge in [0.1, 0.15) is 6.54 Å². The summed E-state index contributed by atoms with van der Waals surface area (Å²) in [5, 5.41) is 3.23. The number of halogens is 1. The lowest BCUT2D eigenvalue weighted by molar-refractivity contribution is -0.119. The lowest BCUT2D eigenvalue weighted by Gasteiger charge is -2.25. The molecule has 0 saturated carbocycles. The van der Waals surface area contributed by atoms with Gasteiger partial charge < -0.3 is 5.32 Å². The molecule has 8 heteroatoms. The Kier molecular flexibility index (Phi) is 8.61. The highest BCUT2D eigenvalue weighted by atomic mass is 35.5. The fourth-order valence-electron chi connectivity index (χ4n) is 3.08. The van der Waals surface area contributed by atoms with Gasteiger partial charge in [-0.15, -0.1) is 0 Å². The molecule has 0 aliphatic carbocycles. The van der Waals surface area contributed by atoms with E-state index in [1.54, 1.807) is 55.1 Å². The number of hydrogen-bond acceptors (Lipinski definition) is 4. The zero-order chi connectivity index (χ0) is 23.0. The summed E-state index contributed by atoms with van der Waals surface area (Å²) in [4.78, 5) is 12.8. The molecule has 0 atom stereocenters.